The molecule has 1 aromatic rings. The van der Waals surface area contributed by atoms with Gasteiger partial charge in [-0.25, -0.2) is 4.79 Å². The van der Waals surface area contributed by atoms with Gasteiger partial charge in [0.1, 0.15) is 0 Å². The molecule has 1 aromatic carbocycles. The highest BCUT2D eigenvalue weighted by molar-refractivity contribution is 5.88. The van der Waals surface area contributed by atoms with Gasteiger partial charge in [0.2, 0.25) is 0 Å². The molecule has 3 N–H and O–H groups in total. The number of carbonyl (C=O) groups excluding carboxylic acids is 1. The first-order valence-electron chi connectivity index (χ1n) is 6.88. The first kappa shape index (κ1) is 15.5. The largest absolute Gasteiger partial charge is 0.331 e. The first-order chi connectivity index (χ1) is 9.09. The van der Waals surface area contributed by atoms with E-state index in [-0.39, 0.29) is 6.03 Å². The molecule has 0 radical (unpaired) electrons. The Labute approximate surface area is 116 Å². The highest BCUT2D eigenvalue weighted by atomic mass is 16.2. The second-order valence-electron chi connectivity index (χ2n) is 5.09. The lowest BCUT2D eigenvalue weighted by molar-refractivity contribution is 0.230. The highest BCUT2D eigenvalue weighted by Gasteiger charge is 2.06. The number of nitrogens with zero attached hydrogens (tertiary/aromatic N) is 1. The van der Waals surface area contributed by atoms with E-state index in [9.17, 15) is 4.79 Å². The van der Waals surface area contributed by atoms with Crippen molar-refractivity contribution in [3.8, 4) is 0 Å². The summed E-state index contributed by atoms with van der Waals surface area (Å²) in [5.74, 6) is 0. The Kier molecular flexibility index (Phi) is 6.97. The third kappa shape index (κ3) is 6.82. The molecule has 0 heterocycles. The van der Waals surface area contributed by atoms with Crippen LogP contribution in [0, 0.1) is 0 Å². The zero-order valence-corrected chi connectivity index (χ0v) is 11.9. The molecule has 0 atom stereocenters. The van der Waals surface area contributed by atoms with E-state index in [1.165, 1.54) is 37.0 Å². The number of urea groups is 1. The second-order valence-corrected chi connectivity index (χ2v) is 5.09. The fourth-order valence-corrected chi connectivity index (χ4v) is 1.89. The van der Waals surface area contributed by atoms with E-state index in [1.54, 1.807) is 14.1 Å². The summed E-state index contributed by atoms with van der Waals surface area (Å²) in [6.07, 6.45) is 6.66. The van der Waals surface area contributed by atoms with Crippen LogP contribution in [-0.4, -0.2) is 31.1 Å². The lowest BCUT2D eigenvalue weighted by Crippen LogP contribution is -2.27. The minimum atomic E-state index is -0.110. The van der Waals surface area contributed by atoms with E-state index in [2.05, 4.69) is 5.32 Å². The summed E-state index contributed by atoms with van der Waals surface area (Å²) in [7, 11) is 3.41. The van der Waals surface area contributed by atoms with Crippen LogP contribution in [0.3, 0.4) is 0 Å². The molecule has 2 amide bonds. The van der Waals surface area contributed by atoms with Crippen LogP contribution in [0.15, 0.2) is 30.3 Å². The Bertz CT molecular complexity index is 359. The van der Waals surface area contributed by atoms with Crippen molar-refractivity contribution in [2.75, 3.05) is 19.4 Å². The monoisotopic (exact) mass is 263 g/mol. The van der Waals surface area contributed by atoms with Gasteiger partial charge in [0.05, 0.1) is 0 Å². The maximum atomic E-state index is 11.1. The van der Waals surface area contributed by atoms with Crippen molar-refractivity contribution >= 4 is 11.7 Å². The van der Waals surface area contributed by atoms with Crippen LogP contribution in [0.25, 0.3) is 0 Å². The number of carbonyl (C=O) groups is 1. The lowest BCUT2D eigenvalue weighted by Gasteiger charge is -2.15. The van der Waals surface area contributed by atoms with Crippen molar-refractivity contribution in [1.29, 1.82) is 0 Å². The van der Waals surface area contributed by atoms with Crippen LogP contribution in [0.4, 0.5) is 10.5 Å². The highest BCUT2D eigenvalue weighted by Crippen LogP contribution is 2.14. The van der Waals surface area contributed by atoms with Gasteiger partial charge in [-0.2, -0.15) is 0 Å². The summed E-state index contributed by atoms with van der Waals surface area (Å²) in [6, 6.07) is 9.79. The van der Waals surface area contributed by atoms with E-state index in [0.717, 1.165) is 5.69 Å². The number of para-hydroxylation sites is 1. The van der Waals surface area contributed by atoms with E-state index >= 15 is 0 Å². The molecule has 1 saturated carbocycles. The van der Waals surface area contributed by atoms with Crippen molar-refractivity contribution in [2.45, 2.75) is 38.1 Å². The standard InChI is InChI=1S/C9H12N2O.C6H13N/c1-11(2)9(12)10-8-6-4-3-5-7-8;7-6-4-2-1-3-5-6/h3-7H,1-2H3,(H,10,12);6H,1-5,7H2. The molecule has 1 aliphatic carbocycles. The summed E-state index contributed by atoms with van der Waals surface area (Å²) < 4.78 is 0. The fraction of sp³-hybridized carbons (Fsp3) is 0.533. The molecule has 106 valence electrons. The summed E-state index contributed by atoms with van der Waals surface area (Å²) in [6.45, 7) is 0. The number of nitrogens with one attached hydrogen (secondary N) is 1. The quantitative estimate of drug-likeness (QED) is 0.818. The van der Waals surface area contributed by atoms with Gasteiger partial charge in [-0.15, -0.1) is 0 Å². The third-order valence-electron chi connectivity index (χ3n) is 3.08. The van der Waals surface area contributed by atoms with Gasteiger partial charge in [0.25, 0.3) is 0 Å². The van der Waals surface area contributed by atoms with Crippen molar-refractivity contribution < 1.29 is 4.79 Å². The van der Waals surface area contributed by atoms with Gasteiger partial charge < -0.3 is 16.0 Å². The molecule has 1 fully saturated rings. The van der Waals surface area contributed by atoms with Crippen molar-refractivity contribution in [3.05, 3.63) is 30.3 Å². The molecule has 0 aliphatic heterocycles. The first-order valence-corrected chi connectivity index (χ1v) is 6.88. The number of rotatable bonds is 1. The maximum absolute atomic E-state index is 11.1. The lowest BCUT2D eigenvalue weighted by atomic mass is 9.97. The van der Waals surface area contributed by atoms with Gasteiger partial charge in [-0.1, -0.05) is 37.5 Å². The predicted molar refractivity (Wildman–Crippen MR) is 80.2 cm³/mol. The zero-order valence-electron chi connectivity index (χ0n) is 11.9. The zero-order chi connectivity index (χ0) is 14.1. The summed E-state index contributed by atoms with van der Waals surface area (Å²) in [5.41, 5.74) is 6.45. The van der Waals surface area contributed by atoms with Crippen LogP contribution in [-0.2, 0) is 0 Å². The Morgan fingerprint density at radius 1 is 1.16 bits per heavy atom. The van der Waals surface area contributed by atoms with E-state index in [0.29, 0.717) is 6.04 Å². The average Bonchev–Trinajstić information content (AvgIpc) is 2.41. The van der Waals surface area contributed by atoms with Crippen molar-refractivity contribution in [3.63, 3.8) is 0 Å². The SMILES string of the molecule is CN(C)C(=O)Nc1ccccc1.NC1CCCCC1. The van der Waals surface area contributed by atoms with Gasteiger partial charge in [0.15, 0.2) is 0 Å². The molecule has 1 aliphatic rings. The Morgan fingerprint density at radius 2 is 1.74 bits per heavy atom. The van der Waals surface area contributed by atoms with Crippen molar-refractivity contribution in [2.24, 2.45) is 5.73 Å². The summed E-state index contributed by atoms with van der Waals surface area (Å²) in [4.78, 5) is 12.6. The summed E-state index contributed by atoms with van der Waals surface area (Å²) >= 11 is 0. The number of hydrogen-bond donors (Lipinski definition) is 2. The van der Waals surface area contributed by atoms with E-state index in [4.69, 9.17) is 5.73 Å². The van der Waals surface area contributed by atoms with Crippen LogP contribution < -0.4 is 11.1 Å². The number of anilines is 1. The average molecular weight is 263 g/mol. The number of amides is 2. The van der Waals surface area contributed by atoms with Gasteiger partial charge in [-0.3, -0.25) is 0 Å². The van der Waals surface area contributed by atoms with Gasteiger partial charge >= 0.3 is 6.03 Å². The molecule has 2 rings (SSSR count). The molecule has 0 aromatic heterocycles. The fourth-order valence-electron chi connectivity index (χ4n) is 1.89. The number of benzene rings is 1. The van der Waals surface area contributed by atoms with Gasteiger partial charge in [0, 0.05) is 25.8 Å². The van der Waals surface area contributed by atoms with Crippen LogP contribution in [0.5, 0.6) is 0 Å². The molecule has 0 bridgehead atoms. The minimum absolute atomic E-state index is 0.110. The number of hydrogen-bond acceptors (Lipinski definition) is 2. The normalized spacial score (nSPS) is 15.1. The molecule has 19 heavy (non-hydrogen) atoms. The third-order valence-corrected chi connectivity index (χ3v) is 3.08. The molecule has 0 unspecified atom stereocenters. The molecular formula is C15H25N3O. The van der Waals surface area contributed by atoms with Gasteiger partial charge in [-0.05, 0) is 25.0 Å². The Hall–Kier alpha value is -1.55. The molecule has 0 saturated heterocycles. The van der Waals surface area contributed by atoms with E-state index in [1.807, 2.05) is 30.3 Å². The van der Waals surface area contributed by atoms with Crippen LogP contribution >= 0.6 is 0 Å². The minimum Gasteiger partial charge on any atom is -0.331 e. The topological polar surface area (TPSA) is 58.4 Å². The molecule has 0 spiro atoms. The summed E-state index contributed by atoms with van der Waals surface area (Å²) in [5, 5.41) is 2.73. The maximum Gasteiger partial charge on any atom is 0.321 e. The van der Waals surface area contributed by atoms with E-state index < -0.39 is 0 Å². The smallest absolute Gasteiger partial charge is 0.321 e. The van der Waals surface area contributed by atoms with Crippen LogP contribution in [0.2, 0.25) is 0 Å². The number of nitrogens with two attached hydrogens (primary N) is 1. The second kappa shape index (κ2) is 8.53. The predicted octanol–water partition coefficient (Wildman–Crippen LogP) is 3.06. The Morgan fingerprint density at radius 3 is 2.16 bits per heavy atom. The molecular weight excluding hydrogens is 238 g/mol. The van der Waals surface area contributed by atoms with Crippen LogP contribution in [0.1, 0.15) is 32.1 Å². The Balaban J connectivity index is 0.000000218. The van der Waals surface area contributed by atoms with Crippen molar-refractivity contribution in [1.82, 2.24) is 4.90 Å². The molecule has 4 heteroatoms. The molecule has 4 nitrogen and oxygen atoms in total.